The first-order valence-electron chi connectivity index (χ1n) is 5.09. The first-order chi connectivity index (χ1) is 6.43. The average molecular weight is 194 g/mol. The van der Waals surface area contributed by atoms with Gasteiger partial charge in [-0.3, -0.25) is 0 Å². The second kappa shape index (κ2) is 3.07. The highest BCUT2D eigenvalue weighted by atomic mass is 32.1. The first kappa shape index (κ1) is 7.94. The number of rotatable bonds is 2. The minimum absolute atomic E-state index is 0.721. The van der Waals surface area contributed by atoms with Crippen molar-refractivity contribution < 1.29 is 0 Å². The minimum atomic E-state index is 0.721. The van der Waals surface area contributed by atoms with Crippen molar-refractivity contribution in [2.24, 2.45) is 0 Å². The standard InChI is InChI=1S/C10H14N2S/c1-2-7(3-1)9-6-13-10(12-9)8-4-11-5-8/h6-8,11H,1-5H2. The third kappa shape index (κ3) is 1.30. The summed E-state index contributed by atoms with van der Waals surface area (Å²) in [5.41, 5.74) is 1.37. The van der Waals surface area contributed by atoms with Crippen molar-refractivity contribution in [3.05, 3.63) is 16.1 Å². The van der Waals surface area contributed by atoms with Gasteiger partial charge >= 0.3 is 0 Å². The predicted octanol–water partition coefficient (Wildman–Crippen LogP) is 2.10. The topological polar surface area (TPSA) is 24.9 Å². The van der Waals surface area contributed by atoms with E-state index in [-0.39, 0.29) is 0 Å². The van der Waals surface area contributed by atoms with Crippen molar-refractivity contribution in [1.29, 1.82) is 0 Å². The minimum Gasteiger partial charge on any atom is -0.315 e. The molecule has 1 saturated carbocycles. The molecule has 70 valence electrons. The Morgan fingerprint density at radius 3 is 2.69 bits per heavy atom. The Hall–Kier alpha value is -0.410. The van der Waals surface area contributed by atoms with Gasteiger partial charge in [0.15, 0.2) is 0 Å². The van der Waals surface area contributed by atoms with Gasteiger partial charge in [0.25, 0.3) is 0 Å². The van der Waals surface area contributed by atoms with Crippen LogP contribution in [0.5, 0.6) is 0 Å². The molecule has 1 aromatic rings. The largest absolute Gasteiger partial charge is 0.315 e. The Labute approximate surface area is 82.4 Å². The fourth-order valence-electron chi connectivity index (χ4n) is 1.84. The fraction of sp³-hybridized carbons (Fsp3) is 0.700. The highest BCUT2D eigenvalue weighted by molar-refractivity contribution is 7.09. The number of aromatic nitrogens is 1. The molecule has 2 aliphatic rings. The number of hydrogen-bond donors (Lipinski definition) is 1. The number of nitrogens with one attached hydrogen (secondary N) is 1. The highest BCUT2D eigenvalue weighted by Crippen LogP contribution is 2.37. The lowest BCUT2D eigenvalue weighted by Gasteiger charge is -2.25. The van der Waals surface area contributed by atoms with Crippen LogP contribution in [-0.4, -0.2) is 18.1 Å². The molecule has 0 radical (unpaired) electrons. The maximum Gasteiger partial charge on any atom is 0.0984 e. The van der Waals surface area contributed by atoms with E-state index >= 15 is 0 Å². The summed E-state index contributed by atoms with van der Waals surface area (Å²) in [5, 5.41) is 6.93. The van der Waals surface area contributed by atoms with Crippen LogP contribution in [0.25, 0.3) is 0 Å². The molecule has 2 heterocycles. The van der Waals surface area contributed by atoms with Gasteiger partial charge in [-0.1, -0.05) is 6.42 Å². The van der Waals surface area contributed by atoms with Crippen molar-refractivity contribution in [2.45, 2.75) is 31.1 Å². The zero-order valence-corrected chi connectivity index (χ0v) is 8.44. The van der Waals surface area contributed by atoms with Crippen LogP contribution < -0.4 is 5.32 Å². The van der Waals surface area contributed by atoms with E-state index in [9.17, 15) is 0 Å². The van der Waals surface area contributed by atoms with Crippen molar-refractivity contribution in [3.8, 4) is 0 Å². The van der Waals surface area contributed by atoms with Crippen molar-refractivity contribution in [1.82, 2.24) is 10.3 Å². The van der Waals surface area contributed by atoms with Gasteiger partial charge in [0.2, 0.25) is 0 Å². The molecule has 1 saturated heterocycles. The predicted molar refractivity (Wildman–Crippen MR) is 54.3 cm³/mol. The van der Waals surface area contributed by atoms with Crippen molar-refractivity contribution >= 4 is 11.3 Å². The van der Waals surface area contributed by atoms with Crippen LogP contribution in [-0.2, 0) is 0 Å². The van der Waals surface area contributed by atoms with Crippen LogP contribution in [0.2, 0.25) is 0 Å². The van der Waals surface area contributed by atoms with E-state index in [0.29, 0.717) is 0 Å². The third-order valence-electron chi connectivity index (χ3n) is 3.19. The highest BCUT2D eigenvalue weighted by Gasteiger charge is 2.26. The van der Waals surface area contributed by atoms with Gasteiger partial charge in [-0.05, 0) is 12.8 Å². The lowest BCUT2D eigenvalue weighted by Crippen LogP contribution is -2.39. The molecule has 3 heteroatoms. The molecule has 2 fully saturated rings. The third-order valence-corrected chi connectivity index (χ3v) is 4.22. The molecule has 0 aromatic carbocycles. The maximum absolute atomic E-state index is 4.73. The summed E-state index contributed by atoms with van der Waals surface area (Å²) >= 11 is 1.86. The maximum atomic E-state index is 4.73. The van der Waals surface area contributed by atoms with E-state index in [0.717, 1.165) is 24.9 Å². The van der Waals surface area contributed by atoms with E-state index in [1.54, 1.807) is 0 Å². The molecule has 1 aliphatic heterocycles. The van der Waals surface area contributed by atoms with Gasteiger partial charge in [0.1, 0.15) is 0 Å². The zero-order valence-electron chi connectivity index (χ0n) is 7.62. The number of hydrogen-bond acceptors (Lipinski definition) is 3. The van der Waals surface area contributed by atoms with E-state index in [1.807, 2.05) is 11.3 Å². The Morgan fingerprint density at radius 2 is 2.15 bits per heavy atom. The van der Waals surface area contributed by atoms with Gasteiger partial charge in [0, 0.05) is 30.3 Å². The number of nitrogens with zero attached hydrogens (tertiary/aromatic N) is 1. The van der Waals surface area contributed by atoms with Crippen molar-refractivity contribution in [3.63, 3.8) is 0 Å². The zero-order chi connectivity index (χ0) is 8.67. The summed E-state index contributed by atoms with van der Waals surface area (Å²) < 4.78 is 0. The van der Waals surface area contributed by atoms with E-state index in [1.165, 1.54) is 30.0 Å². The first-order valence-corrected chi connectivity index (χ1v) is 5.97. The Balaban J connectivity index is 1.76. The monoisotopic (exact) mass is 194 g/mol. The molecule has 0 amide bonds. The molecule has 0 bridgehead atoms. The van der Waals surface area contributed by atoms with Gasteiger partial charge in [-0.15, -0.1) is 11.3 Å². The summed E-state index contributed by atoms with van der Waals surface area (Å²) in [6, 6.07) is 0. The smallest absolute Gasteiger partial charge is 0.0984 e. The summed E-state index contributed by atoms with van der Waals surface area (Å²) in [4.78, 5) is 4.73. The molecule has 1 aromatic heterocycles. The second-order valence-electron chi connectivity index (χ2n) is 4.09. The summed E-state index contributed by atoms with van der Waals surface area (Å²) in [6.45, 7) is 2.27. The normalized spacial score (nSPS) is 24.0. The van der Waals surface area contributed by atoms with E-state index in [4.69, 9.17) is 4.98 Å². The summed E-state index contributed by atoms with van der Waals surface area (Å²) in [6.07, 6.45) is 4.14. The summed E-state index contributed by atoms with van der Waals surface area (Å²) in [5.74, 6) is 1.52. The van der Waals surface area contributed by atoms with Gasteiger partial charge in [0.05, 0.1) is 10.7 Å². The van der Waals surface area contributed by atoms with Crippen LogP contribution in [0.1, 0.15) is 41.8 Å². The molecule has 1 aliphatic carbocycles. The van der Waals surface area contributed by atoms with Gasteiger partial charge < -0.3 is 5.32 Å². The van der Waals surface area contributed by atoms with Crippen LogP contribution in [0.3, 0.4) is 0 Å². The van der Waals surface area contributed by atoms with Crippen LogP contribution >= 0.6 is 11.3 Å². The lowest BCUT2D eigenvalue weighted by atomic mass is 9.83. The van der Waals surface area contributed by atoms with E-state index in [2.05, 4.69) is 10.7 Å². The molecule has 1 N–H and O–H groups in total. The Kier molecular flexibility index (Phi) is 1.87. The quantitative estimate of drug-likeness (QED) is 0.780. The molecule has 3 rings (SSSR count). The molecular weight excluding hydrogens is 180 g/mol. The van der Waals surface area contributed by atoms with Gasteiger partial charge in [-0.2, -0.15) is 0 Å². The number of thiazole rings is 1. The Morgan fingerprint density at radius 1 is 1.31 bits per heavy atom. The average Bonchev–Trinajstić information content (AvgIpc) is 2.29. The SMILES string of the molecule is c1sc(C2CNC2)nc1C1CCC1. The lowest BCUT2D eigenvalue weighted by molar-refractivity contribution is 0.407. The molecule has 0 unspecified atom stereocenters. The molecule has 0 atom stereocenters. The van der Waals surface area contributed by atoms with Crippen LogP contribution in [0, 0.1) is 0 Å². The second-order valence-corrected chi connectivity index (χ2v) is 4.98. The van der Waals surface area contributed by atoms with Gasteiger partial charge in [-0.25, -0.2) is 4.98 Å². The van der Waals surface area contributed by atoms with E-state index < -0.39 is 0 Å². The molecular formula is C10H14N2S. The fourth-order valence-corrected chi connectivity index (χ4v) is 2.85. The molecule has 13 heavy (non-hydrogen) atoms. The molecule has 2 nitrogen and oxygen atoms in total. The summed E-state index contributed by atoms with van der Waals surface area (Å²) in [7, 11) is 0. The van der Waals surface area contributed by atoms with Crippen LogP contribution in [0.15, 0.2) is 5.38 Å². The van der Waals surface area contributed by atoms with Crippen molar-refractivity contribution in [2.75, 3.05) is 13.1 Å². The molecule has 0 spiro atoms. The Bertz CT molecular complexity index is 271. The van der Waals surface area contributed by atoms with Crippen LogP contribution in [0.4, 0.5) is 0 Å².